The predicted octanol–water partition coefficient (Wildman–Crippen LogP) is 6.94. The number of aryl methyl sites for hydroxylation is 1. The Kier molecular flexibility index (Phi) is 8.94. The molecule has 0 bridgehead atoms. The Hall–Kier alpha value is -3.05. The molecule has 1 aromatic heterocycles. The number of methoxy groups -OCH3 is 1. The summed E-state index contributed by atoms with van der Waals surface area (Å²) in [4.78, 5) is 12.9. The third-order valence-electron chi connectivity index (χ3n) is 6.38. The van der Waals surface area contributed by atoms with Crippen LogP contribution in [-0.2, 0) is 16.1 Å². The molecule has 34 heavy (non-hydrogen) atoms. The van der Waals surface area contributed by atoms with Gasteiger partial charge in [-0.2, -0.15) is 0 Å². The lowest BCUT2D eigenvalue weighted by atomic mass is 9.90. The first-order chi connectivity index (χ1) is 16.3. The van der Waals surface area contributed by atoms with Gasteiger partial charge in [-0.05, 0) is 48.6 Å². The number of carbonyl (C=O) groups excluding carboxylic acids is 1. The lowest BCUT2D eigenvalue weighted by molar-refractivity contribution is -0.112. The molecule has 1 aliphatic rings. The van der Waals surface area contributed by atoms with Gasteiger partial charge in [0, 0.05) is 43.1 Å². The fraction of sp³-hybridized carbons (Fsp3) is 0.414. The van der Waals surface area contributed by atoms with Crippen LogP contribution >= 0.6 is 0 Å². The van der Waals surface area contributed by atoms with Crippen LogP contribution in [0.2, 0.25) is 0 Å². The van der Waals surface area contributed by atoms with Crippen molar-refractivity contribution in [1.29, 1.82) is 0 Å². The van der Waals surface area contributed by atoms with Crippen molar-refractivity contribution in [2.45, 2.75) is 59.1 Å². The highest BCUT2D eigenvalue weighted by atomic mass is 16.5. The number of carbonyl (C=O) groups is 1. The zero-order valence-corrected chi connectivity index (χ0v) is 20.9. The number of anilines is 1. The van der Waals surface area contributed by atoms with Crippen LogP contribution in [0.25, 0.3) is 10.9 Å². The summed E-state index contributed by atoms with van der Waals surface area (Å²) in [6.45, 7) is 11.3. The van der Waals surface area contributed by atoms with Crippen LogP contribution in [0.5, 0.6) is 0 Å². The third-order valence-corrected chi connectivity index (χ3v) is 6.38. The minimum absolute atomic E-state index is 0.0271. The Morgan fingerprint density at radius 3 is 2.85 bits per heavy atom. The summed E-state index contributed by atoms with van der Waals surface area (Å²) in [5.41, 5.74) is 3.20. The maximum absolute atomic E-state index is 12.9. The number of aromatic nitrogens is 1. The van der Waals surface area contributed by atoms with Crippen LogP contribution in [0.3, 0.4) is 0 Å². The summed E-state index contributed by atoms with van der Waals surface area (Å²) in [5.74, 6) is 0.520. The number of fused-ring (bicyclic) bond motifs is 1. The Bertz CT molecular complexity index is 1110. The van der Waals surface area contributed by atoms with Gasteiger partial charge >= 0.3 is 0 Å². The number of amides is 1. The molecular formula is C29H38N2O3. The van der Waals surface area contributed by atoms with Crippen molar-refractivity contribution in [3.05, 3.63) is 78.3 Å². The molecule has 0 radical (unpaired) electrons. The van der Waals surface area contributed by atoms with Gasteiger partial charge in [0.1, 0.15) is 11.9 Å². The van der Waals surface area contributed by atoms with E-state index in [1.807, 2.05) is 25.1 Å². The molecule has 3 unspecified atom stereocenters. The minimum Gasteiger partial charge on any atom is -0.510 e. The molecule has 0 spiro atoms. The Morgan fingerprint density at radius 1 is 1.35 bits per heavy atom. The lowest BCUT2D eigenvalue weighted by Gasteiger charge is -2.24. The van der Waals surface area contributed by atoms with E-state index in [-0.39, 0.29) is 23.7 Å². The molecule has 1 amide bonds. The molecule has 182 valence electrons. The summed E-state index contributed by atoms with van der Waals surface area (Å²) >= 11 is 0. The van der Waals surface area contributed by atoms with Crippen molar-refractivity contribution < 1.29 is 14.6 Å². The van der Waals surface area contributed by atoms with Gasteiger partial charge in [-0.1, -0.05) is 58.1 Å². The first-order valence-corrected chi connectivity index (χ1v) is 12.2. The van der Waals surface area contributed by atoms with E-state index in [1.165, 1.54) is 6.42 Å². The number of ether oxygens (including phenoxy) is 1. The fourth-order valence-corrected chi connectivity index (χ4v) is 4.46. The van der Waals surface area contributed by atoms with E-state index < -0.39 is 0 Å². The fourth-order valence-electron chi connectivity index (χ4n) is 4.46. The van der Waals surface area contributed by atoms with Gasteiger partial charge in [-0.3, -0.25) is 4.79 Å². The number of aliphatic hydroxyl groups is 1. The van der Waals surface area contributed by atoms with Crippen molar-refractivity contribution in [1.82, 2.24) is 4.57 Å². The van der Waals surface area contributed by atoms with E-state index in [0.29, 0.717) is 17.9 Å². The van der Waals surface area contributed by atoms with Crippen LogP contribution < -0.4 is 5.32 Å². The molecule has 3 rings (SSSR count). The largest absolute Gasteiger partial charge is 0.510 e. The number of rotatable bonds is 11. The topological polar surface area (TPSA) is 63.5 Å². The maximum atomic E-state index is 12.9. The number of nitrogens with one attached hydrogen (secondary N) is 1. The van der Waals surface area contributed by atoms with E-state index in [4.69, 9.17) is 4.74 Å². The van der Waals surface area contributed by atoms with Gasteiger partial charge in [0.15, 0.2) is 0 Å². The first-order valence-electron chi connectivity index (χ1n) is 12.2. The van der Waals surface area contributed by atoms with Crippen LogP contribution in [0.15, 0.2) is 78.3 Å². The van der Waals surface area contributed by atoms with Gasteiger partial charge in [0.05, 0.1) is 11.2 Å². The van der Waals surface area contributed by atoms with Gasteiger partial charge < -0.3 is 19.7 Å². The van der Waals surface area contributed by atoms with E-state index in [0.717, 1.165) is 41.5 Å². The Labute approximate surface area is 203 Å². The second-order valence-corrected chi connectivity index (χ2v) is 9.29. The number of nitrogens with zero attached hydrogens (tertiary/aromatic N) is 1. The van der Waals surface area contributed by atoms with Gasteiger partial charge in [0.2, 0.25) is 0 Å². The number of aliphatic hydroxyl groups excluding tert-OH is 1. The molecule has 0 saturated carbocycles. The highest BCUT2D eigenvalue weighted by Gasteiger charge is 2.24. The highest BCUT2D eigenvalue weighted by molar-refractivity contribution is 6.08. The van der Waals surface area contributed by atoms with E-state index in [1.54, 1.807) is 13.2 Å². The molecule has 0 fully saturated rings. The van der Waals surface area contributed by atoms with Crippen molar-refractivity contribution in [2.75, 3.05) is 12.4 Å². The Balaban J connectivity index is 1.65. The number of hydrogen-bond acceptors (Lipinski definition) is 3. The molecule has 0 aliphatic heterocycles. The third kappa shape index (κ3) is 6.29. The molecule has 1 aromatic carbocycles. The van der Waals surface area contributed by atoms with E-state index in [9.17, 15) is 9.90 Å². The van der Waals surface area contributed by atoms with Crippen molar-refractivity contribution in [3.63, 3.8) is 0 Å². The van der Waals surface area contributed by atoms with Crippen LogP contribution in [0, 0.1) is 11.8 Å². The standard InChI is InChI=1S/C29H38N2O3/c1-6-7-8-10-20(2)13-15-31-16-14-24-25(11-9-12-26(24)31)30-29(33)22(4)18-23-17-21(3)28(34-5)27(32)19-23/h8-12,14,16-17,19-21,28,32H,4,6-7,13,15,18H2,1-3,5H3,(H,30,33)/b10-8-. The van der Waals surface area contributed by atoms with Crippen LogP contribution in [0.4, 0.5) is 5.69 Å². The number of benzene rings is 1. The molecule has 3 atom stereocenters. The zero-order chi connectivity index (χ0) is 24.7. The summed E-state index contributed by atoms with van der Waals surface area (Å²) < 4.78 is 7.57. The molecule has 2 N–H and O–H groups in total. The molecule has 2 aromatic rings. The number of allylic oxidation sites excluding steroid dienone is 4. The normalized spacial score (nSPS) is 19.2. The maximum Gasteiger partial charge on any atom is 0.251 e. The summed E-state index contributed by atoms with van der Waals surface area (Å²) in [7, 11) is 1.58. The van der Waals surface area contributed by atoms with Crippen molar-refractivity contribution >= 4 is 22.5 Å². The highest BCUT2D eigenvalue weighted by Crippen LogP contribution is 2.29. The van der Waals surface area contributed by atoms with Gasteiger partial charge in [0.25, 0.3) is 5.91 Å². The minimum atomic E-state index is -0.345. The summed E-state index contributed by atoms with van der Waals surface area (Å²) in [5, 5.41) is 14.3. The molecular weight excluding hydrogens is 424 g/mol. The molecule has 0 saturated heterocycles. The van der Waals surface area contributed by atoms with Gasteiger partial charge in [-0.15, -0.1) is 0 Å². The molecule has 5 heteroatoms. The Morgan fingerprint density at radius 2 is 2.15 bits per heavy atom. The van der Waals surface area contributed by atoms with Crippen LogP contribution in [0.1, 0.15) is 46.5 Å². The lowest BCUT2D eigenvalue weighted by Crippen LogP contribution is -2.25. The molecule has 5 nitrogen and oxygen atoms in total. The number of hydrogen-bond donors (Lipinski definition) is 2. The second-order valence-electron chi connectivity index (χ2n) is 9.29. The predicted molar refractivity (Wildman–Crippen MR) is 141 cm³/mol. The van der Waals surface area contributed by atoms with Crippen molar-refractivity contribution in [2.24, 2.45) is 11.8 Å². The molecule has 1 heterocycles. The van der Waals surface area contributed by atoms with Crippen LogP contribution in [-0.4, -0.2) is 28.8 Å². The van der Waals surface area contributed by atoms with Gasteiger partial charge in [-0.25, -0.2) is 0 Å². The SMILES string of the molecule is C=C(CC1=CC(C)C(OC)C(O)=C1)C(=O)Nc1cccc2c1ccn2CCC(C)/C=C\CCC. The first kappa shape index (κ1) is 25.6. The summed E-state index contributed by atoms with van der Waals surface area (Å²) in [6, 6.07) is 8.04. The summed E-state index contributed by atoms with van der Waals surface area (Å²) in [6.07, 6.45) is 13.8. The zero-order valence-electron chi connectivity index (χ0n) is 20.9. The average molecular weight is 463 g/mol. The quantitative estimate of drug-likeness (QED) is 0.281. The smallest absolute Gasteiger partial charge is 0.251 e. The van der Waals surface area contributed by atoms with E-state index >= 15 is 0 Å². The average Bonchev–Trinajstić information content (AvgIpc) is 3.22. The molecule has 1 aliphatic carbocycles. The monoisotopic (exact) mass is 462 g/mol. The van der Waals surface area contributed by atoms with E-state index in [2.05, 4.69) is 60.8 Å². The number of unbranched alkanes of at least 4 members (excludes halogenated alkanes) is 1. The second kappa shape index (κ2) is 11.9. The van der Waals surface area contributed by atoms with Crippen molar-refractivity contribution in [3.8, 4) is 0 Å².